The predicted octanol–water partition coefficient (Wildman–Crippen LogP) is 1.93. The van der Waals surface area contributed by atoms with Crippen LogP contribution in [-0.4, -0.2) is 51.9 Å². The van der Waals surface area contributed by atoms with Crippen LogP contribution in [0.4, 0.5) is 5.82 Å². The minimum Gasteiger partial charge on any atom is -0.348 e. The number of hydrogen-bond acceptors (Lipinski definition) is 5. The summed E-state index contributed by atoms with van der Waals surface area (Å²) in [5.74, 6) is 0.247. The van der Waals surface area contributed by atoms with Crippen molar-refractivity contribution in [2.24, 2.45) is 0 Å². The number of amides is 1. The number of rotatable bonds is 2. The molecule has 3 aromatic rings. The summed E-state index contributed by atoms with van der Waals surface area (Å²) >= 11 is 6.19. The van der Waals surface area contributed by atoms with Gasteiger partial charge in [0, 0.05) is 44.0 Å². The van der Waals surface area contributed by atoms with Gasteiger partial charge in [-0.3, -0.25) is 9.59 Å². The summed E-state index contributed by atoms with van der Waals surface area (Å²) in [6.45, 7) is 2.08. The number of fused-ring (bicyclic) bond motifs is 1. The van der Waals surface area contributed by atoms with Gasteiger partial charge in [0.15, 0.2) is 5.82 Å². The van der Waals surface area contributed by atoms with Gasteiger partial charge in [-0.25, -0.2) is 9.97 Å². The molecule has 3 heterocycles. The Bertz CT molecular complexity index is 1030. The van der Waals surface area contributed by atoms with Crippen molar-refractivity contribution in [2.45, 2.75) is 0 Å². The van der Waals surface area contributed by atoms with Crippen LogP contribution >= 0.6 is 11.6 Å². The Morgan fingerprint density at radius 3 is 2.69 bits per heavy atom. The summed E-state index contributed by atoms with van der Waals surface area (Å²) in [7, 11) is 0. The van der Waals surface area contributed by atoms with E-state index in [1.54, 1.807) is 23.2 Å². The maximum absolute atomic E-state index is 12.8. The first-order valence-electron chi connectivity index (χ1n) is 8.27. The predicted molar refractivity (Wildman–Crippen MR) is 99.7 cm³/mol. The Morgan fingerprint density at radius 1 is 1.12 bits per heavy atom. The molecule has 0 aliphatic carbocycles. The summed E-state index contributed by atoms with van der Waals surface area (Å²) in [5, 5.41) is 1.42. The zero-order valence-electron chi connectivity index (χ0n) is 13.9. The Morgan fingerprint density at radius 2 is 1.92 bits per heavy atom. The quantitative estimate of drug-likeness (QED) is 0.746. The van der Waals surface area contributed by atoms with E-state index in [2.05, 4.69) is 15.0 Å². The summed E-state index contributed by atoms with van der Waals surface area (Å²) in [6, 6.07) is 9.09. The van der Waals surface area contributed by atoms with Crippen LogP contribution in [0.15, 0.2) is 47.5 Å². The molecule has 1 amide bonds. The second-order valence-corrected chi connectivity index (χ2v) is 6.44. The first-order valence-corrected chi connectivity index (χ1v) is 8.64. The lowest BCUT2D eigenvalue weighted by Crippen LogP contribution is -2.50. The number of piperazine rings is 1. The summed E-state index contributed by atoms with van der Waals surface area (Å²) in [4.78, 5) is 39.4. The zero-order valence-corrected chi connectivity index (χ0v) is 14.6. The lowest BCUT2D eigenvalue weighted by atomic mass is 10.2. The summed E-state index contributed by atoms with van der Waals surface area (Å²) < 4.78 is 0. The van der Waals surface area contributed by atoms with E-state index in [0.717, 1.165) is 5.39 Å². The number of benzene rings is 1. The van der Waals surface area contributed by atoms with Crippen molar-refractivity contribution in [1.82, 2.24) is 19.9 Å². The van der Waals surface area contributed by atoms with Gasteiger partial charge >= 0.3 is 0 Å². The van der Waals surface area contributed by atoms with E-state index >= 15 is 0 Å². The molecule has 1 aromatic carbocycles. The first-order chi connectivity index (χ1) is 12.6. The van der Waals surface area contributed by atoms with Crippen LogP contribution in [0.3, 0.4) is 0 Å². The Kier molecular flexibility index (Phi) is 4.30. The maximum atomic E-state index is 12.8. The first kappa shape index (κ1) is 16.5. The number of nitrogens with zero attached hydrogens (tertiary/aromatic N) is 4. The second-order valence-electron chi connectivity index (χ2n) is 6.03. The van der Waals surface area contributed by atoms with E-state index in [0.29, 0.717) is 48.2 Å². The van der Waals surface area contributed by atoms with Gasteiger partial charge in [-0.05, 0) is 12.1 Å². The average molecular weight is 370 g/mol. The van der Waals surface area contributed by atoms with Crippen molar-refractivity contribution in [3.05, 3.63) is 63.8 Å². The van der Waals surface area contributed by atoms with E-state index in [1.807, 2.05) is 23.1 Å². The fourth-order valence-electron chi connectivity index (χ4n) is 3.08. The zero-order chi connectivity index (χ0) is 18.1. The van der Waals surface area contributed by atoms with Gasteiger partial charge in [-0.1, -0.05) is 29.8 Å². The molecule has 0 saturated carbocycles. The van der Waals surface area contributed by atoms with Crippen molar-refractivity contribution in [3.63, 3.8) is 0 Å². The molecular formula is C18H16ClN5O2. The number of halogens is 1. The maximum Gasteiger partial charge on any atom is 0.290 e. The van der Waals surface area contributed by atoms with Crippen LogP contribution in [0.5, 0.6) is 0 Å². The largest absolute Gasteiger partial charge is 0.348 e. The van der Waals surface area contributed by atoms with Crippen molar-refractivity contribution in [2.75, 3.05) is 31.1 Å². The van der Waals surface area contributed by atoms with Crippen LogP contribution in [0.1, 0.15) is 10.5 Å². The molecule has 1 fully saturated rings. The highest BCUT2D eigenvalue weighted by Crippen LogP contribution is 2.22. The highest BCUT2D eigenvalue weighted by Gasteiger charge is 2.25. The molecule has 0 bridgehead atoms. The third-order valence-electron chi connectivity index (χ3n) is 4.45. The smallest absolute Gasteiger partial charge is 0.290 e. The van der Waals surface area contributed by atoms with Gasteiger partial charge in [0.25, 0.3) is 11.5 Å². The Balaban J connectivity index is 1.51. The minimum atomic E-state index is -0.224. The third kappa shape index (κ3) is 3.01. The highest BCUT2D eigenvalue weighted by molar-refractivity contribution is 6.35. The lowest BCUT2D eigenvalue weighted by molar-refractivity contribution is 0.0741. The number of pyridine rings is 1. The van der Waals surface area contributed by atoms with Crippen LogP contribution in [0, 0.1) is 0 Å². The number of aromatic nitrogens is 3. The molecule has 0 atom stereocenters. The topological polar surface area (TPSA) is 82.2 Å². The van der Waals surface area contributed by atoms with Gasteiger partial charge in [0.2, 0.25) is 0 Å². The van der Waals surface area contributed by atoms with Crippen molar-refractivity contribution < 1.29 is 4.79 Å². The molecule has 0 radical (unpaired) electrons. The minimum absolute atomic E-state index is 0.138. The van der Waals surface area contributed by atoms with Crippen LogP contribution in [0.25, 0.3) is 10.9 Å². The number of aromatic amines is 1. The number of para-hydroxylation sites is 1. The SMILES string of the molecule is O=C(c1ccc2cccc(Cl)c2n1)N1CCN(c2ncc[nH]c2=O)CC1. The molecule has 132 valence electrons. The van der Waals surface area contributed by atoms with E-state index < -0.39 is 0 Å². The van der Waals surface area contributed by atoms with Gasteiger partial charge in [-0.15, -0.1) is 0 Å². The number of carbonyl (C=O) groups excluding carboxylic acids is 1. The van der Waals surface area contributed by atoms with Crippen molar-refractivity contribution in [3.8, 4) is 0 Å². The molecule has 8 heteroatoms. The molecule has 1 aliphatic heterocycles. The van der Waals surface area contributed by atoms with Crippen molar-refractivity contribution in [1.29, 1.82) is 0 Å². The van der Waals surface area contributed by atoms with E-state index in [4.69, 9.17) is 11.6 Å². The molecular weight excluding hydrogens is 354 g/mol. The molecule has 1 saturated heterocycles. The van der Waals surface area contributed by atoms with Crippen LogP contribution < -0.4 is 10.5 Å². The normalized spacial score (nSPS) is 14.7. The number of anilines is 1. The summed E-state index contributed by atoms with van der Waals surface area (Å²) in [5.41, 5.74) is 0.770. The molecule has 2 aromatic heterocycles. The Labute approximate surface area is 154 Å². The fourth-order valence-corrected chi connectivity index (χ4v) is 3.31. The standard InChI is InChI=1S/C18H16ClN5O2/c19-13-3-1-2-12-4-5-14(22-15(12)13)18(26)24-10-8-23(9-11-24)16-17(25)21-7-6-20-16/h1-7H,8-11H2,(H,21,25). The molecule has 4 rings (SSSR count). The molecule has 1 aliphatic rings. The lowest BCUT2D eigenvalue weighted by Gasteiger charge is -2.34. The molecule has 0 spiro atoms. The molecule has 26 heavy (non-hydrogen) atoms. The van der Waals surface area contributed by atoms with E-state index in [-0.39, 0.29) is 11.5 Å². The van der Waals surface area contributed by atoms with E-state index in [1.165, 1.54) is 6.20 Å². The molecule has 0 unspecified atom stereocenters. The fraction of sp³-hybridized carbons (Fsp3) is 0.222. The monoisotopic (exact) mass is 369 g/mol. The van der Waals surface area contributed by atoms with Gasteiger partial charge in [0.1, 0.15) is 5.69 Å². The van der Waals surface area contributed by atoms with Gasteiger partial charge in [0.05, 0.1) is 10.5 Å². The van der Waals surface area contributed by atoms with Crippen molar-refractivity contribution >= 4 is 34.2 Å². The number of hydrogen-bond donors (Lipinski definition) is 1. The second kappa shape index (κ2) is 6.76. The number of carbonyl (C=O) groups is 1. The average Bonchev–Trinajstić information content (AvgIpc) is 2.68. The third-order valence-corrected chi connectivity index (χ3v) is 4.75. The number of nitrogens with one attached hydrogen (secondary N) is 1. The van der Waals surface area contributed by atoms with Crippen LogP contribution in [-0.2, 0) is 0 Å². The molecule has 7 nitrogen and oxygen atoms in total. The Hall–Kier alpha value is -2.93. The van der Waals surface area contributed by atoms with Gasteiger partial charge in [-0.2, -0.15) is 0 Å². The molecule has 1 N–H and O–H groups in total. The highest BCUT2D eigenvalue weighted by atomic mass is 35.5. The number of H-pyrrole nitrogens is 1. The van der Waals surface area contributed by atoms with Gasteiger partial charge < -0.3 is 14.8 Å². The summed E-state index contributed by atoms with van der Waals surface area (Å²) in [6.07, 6.45) is 3.05. The van der Waals surface area contributed by atoms with E-state index in [9.17, 15) is 9.59 Å². The van der Waals surface area contributed by atoms with Crippen LogP contribution in [0.2, 0.25) is 5.02 Å².